The Morgan fingerprint density at radius 1 is 1.00 bits per heavy atom. The van der Waals surface area contributed by atoms with Crippen LogP contribution in [-0.4, -0.2) is 5.11 Å². The summed E-state index contributed by atoms with van der Waals surface area (Å²) in [7, 11) is 0. The molecule has 0 heterocycles. The molecule has 2 heteroatoms. The molecule has 0 spiro atoms. The molecule has 1 rings (SSSR count). The first-order valence-electron chi connectivity index (χ1n) is 2.13. The van der Waals surface area contributed by atoms with Gasteiger partial charge in [-0.1, -0.05) is 18.2 Å². The topological polar surface area (TPSA) is 20.2 Å². The molecule has 1 nitrogen and oxygen atoms in total. The van der Waals surface area contributed by atoms with Gasteiger partial charge in [-0.25, -0.2) is 0 Å². The van der Waals surface area contributed by atoms with Crippen molar-refractivity contribution in [2.45, 2.75) is 0 Å². The summed E-state index contributed by atoms with van der Waals surface area (Å²) in [6, 6.07) is 8.71. The summed E-state index contributed by atoms with van der Waals surface area (Å²) >= 11 is 0. The smallest absolute Gasteiger partial charge is 0.115 e. The first-order chi connectivity index (χ1) is 3.39. The van der Waals surface area contributed by atoms with E-state index in [-0.39, 0.29) is 21.1 Å². The normalized spacial score (nSPS) is 7.50. The first kappa shape index (κ1) is 7.71. The van der Waals surface area contributed by atoms with Crippen LogP contribution in [0.4, 0.5) is 0 Å². The predicted molar refractivity (Wildman–Crippen MR) is 28.1 cm³/mol. The average molecular weight is 278 g/mol. The summed E-state index contributed by atoms with van der Waals surface area (Å²) in [5, 5.41) is 8.63. The minimum atomic E-state index is 0. The van der Waals surface area contributed by atoms with Crippen LogP contribution in [0.15, 0.2) is 30.3 Å². The van der Waals surface area contributed by atoms with E-state index in [1.807, 2.05) is 6.07 Å². The molecule has 0 unspecified atom stereocenters. The van der Waals surface area contributed by atoms with Gasteiger partial charge in [-0.2, -0.15) is 0 Å². The number of hydrogen-bond donors (Lipinski definition) is 1. The maximum Gasteiger partial charge on any atom is 0.115 e. The largest absolute Gasteiger partial charge is 0.508 e. The minimum Gasteiger partial charge on any atom is -0.508 e. The Labute approximate surface area is 62.6 Å². The SMILES string of the molecule is Oc1ccccc1.[W]. The first-order valence-corrected chi connectivity index (χ1v) is 2.13. The predicted octanol–water partition coefficient (Wildman–Crippen LogP) is 1.39. The maximum absolute atomic E-state index is 8.63. The third kappa shape index (κ3) is 2.13. The molecule has 0 saturated heterocycles. The Morgan fingerprint density at radius 3 is 1.75 bits per heavy atom. The van der Waals surface area contributed by atoms with Gasteiger partial charge < -0.3 is 5.11 Å². The number of phenols is 1. The molecular weight excluding hydrogens is 272 g/mol. The molecule has 0 saturated carbocycles. The van der Waals surface area contributed by atoms with E-state index in [1.165, 1.54) is 0 Å². The van der Waals surface area contributed by atoms with Crippen LogP contribution in [0.3, 0.4) is 0 Å². The van der Waals surface area contributed by atoms with E-state index in [4.69, 9.17) is 5.11 Å². The van der Waals surface area contributed by atoms with E-state index >= 15 is 0 Å². The van der Waals surface area contributed by atoms with Crippen LogP contribution in [0.5, 0.6) is 5.75 Å². The number of phenolic OH excluding ortho intramolecular Hbond substituents is 1. The summed E-state index contributed by atoms with van der Waals surface area (Å²) in [4.78, 5) is 0. The fourth-order valence-electron chi connectivity index (χ4n) is 0.428. The molecule has 0 amide bonds. The van der Waals surface area contributed by atoms with Gasteiger partial charge in [0, 0.05) is 21.1 Å². The van der Waals surface area contributed by atoms with Gasteiger partial charge >= 0.3 is 0 Å². The van der Waals surface area contributed by atoms with Gasteiger partial charge in [-0.3, -0.25) is 0 Å². The molecule has 0 bridgehead atoms. The summed E-state index contributed by atoms with van der Waals surface area (Å²) in [5.41, 5.74) is 0. The van der Waals surface area contributed by atoms with E-state index < -0.39 is 0 Å². The van der Waals surface area contributed by atoms with E-state index in [0.29, 0.717) is 5.75 Å². The third-order valence-corrected chi connectivity index (χ3v) is 0.756. The van der Waals surface area contributed by atoms with E-state index in [9.17, 15) is 0 Å². The van der Waals surface area contributed by atoms with Crippen LogP contribution >= 0.6 is 0 Å². The summed E-state index contributed by atoms with van der Waals surface area (Å²) in [5.74, 6) is 0.322. The van der Waals surface area contributed by atoms with Crippen molar-refractivity contribution < 1.29 is 26.2 Å². The van der Waals surface area contributed by atoms with Gasteiger partial charge in [0.25, 0.3) is 0 Å². The Hall–Kier alpha value is -0.292. The summed E-state index contributed by atoms with van der Waals surface area (Å²) < 4.78 is 0. The average Bonchev–Trinajstić information content (AvgIpc) is 1.69. The second-order valence-corrected chi connectivity index (χ2v) is 1.34. The molecule has 42 valence electrons. The van der Waals surface area contributed by atoms with E-state index in [1.54, 1.807) is 24.3 Å². The quantitative estimate of drug-likeness (QED) is 0.760. The van der Waals surface area contributed by atoms with Crippen LogP contribution in [0.25, 0.3) is 0 Å². The van der Waals surface area contributed by atoms with Crippen molar-refractivity contribution in [2.24, 2.45) is 0 Å². The molecule has 0 aromatic heterocycles. The molecule has 0 radical (unpaired) electrons. The second kappa shape index (κ2) is 3.68. The summed E-state index contributed by atoms with van der Waals surface area (Å²) in [6.07, 6.45) is 0. The molecule has 1 N–H and O–H groups in total. The van der Waals surface area contributed by atoms with Crippen LogP contribution in [0, 0.1) is 0 Å². The monoisotopic (exact) mass is 278 g/mol. The van der Waals surface area contributed by atoms with Gasteiger partial charge in [-0.05, 0) is 12.1 Å². The zero-order valence-corrected chi connectivity index (χ0v) is 7.18. The molecule has 1 aromatic rings. The van der Waals surface area contributed by atoms with Crippen molar-refractivity contribution >= 4 is 0 Å². The van der Waals surface area contributed by atoms with Crippen molar-refractivity contribution in [3.63, 3.8) is 0 Å². The second-order valence-electron chi connectivity index (χ2n) is 1.34. The Morgan fingerprint density at radius 2 is 1.50 bits per heavy atom. The minimum absolute atomic E-state index is 0. The number of rotatable bonds is 0. The standard InChI is InChI=1S/C6H6O.W/c7-6-4-2-1-3-5-6;/h1-5,7H;. The van der Waals surface area contributed by atoms with Crippen LogP contribution in [-0.2, 0) is 21.1 Å². The number of benzene rings is 1. The van der Waals surface area contributed by atoms with E-state index in [2.05, 4.69) is 0 Å². The third-order valence-electron chi connectivity index (χ3n) is 0.756. The molecule has 0 atom stereocenters. The fraction of sp³-hybridized carbons (Fsp3) is 0. The molecule has 8 heavy (non-hydrogen) atoms. The van der Waals surface area contributed by atoms with Crippen molar-refractivity contribution in [3.05, 3.63) is 30.3 Å². The zero-order chi connectivity index (χ0) is 5.11. The van der Waals surface area contributed by atoms with Crippen molar-refractivity contribution in [1.29, 1.82) is 0 Å². The maximum atomic E-state index is 8.63. The van der Waals surface area contributed by atoms with Crippen LogP contribution < -0.4 is 0 Å². The number of hydrogen-bond acceptors (Lipinski definition) is 1. The van der Waals surface area contributed by atoms with Crippen LogP contribution in [0.1, 0.15) is 0 Å². The Kier molecular flexibility index (Phi) is 3.54. The molecule has 0 fully saturated rings. The zero-order valence-electron chi connectivity index (χ0n) is 4.24. The van der Waals surface area contributed by atoms with E-state index in [0.717, 1.165) is 0 Å². The molecule has 1 aromatic carbocycles. The fourth-order valence-corrected chi connectivity index (χ4v) is 0.428. The van der Waals surface area contributed by atoms with Gasteiger partial charge in [0.05, 0.1) is 0 Å². The van der Waals surface area contributed by atoms with Crippen molar-refractivity contribution in [2.75, 3.05) is 0 Å². The Bertz CT molecular complexity index is 138. The van der Waals surface area contributed by atoms with Crippen LogP contribution in [0.2, 0.25) is 0 Å². The number of para-hydroxylation sites is 1. The Balaban J connectivity index is 0.000000490. The van der Waals surface area contributed by atoms with Crippen molar-refractivity contribution in [1.82, 2.24) is 0 Å². The molecule has 0 aliphatic rings. The summed E-state index contributed by atoms with van der Waals surface area (Å²) in [6.45, 7) is 0. The van der Waals surface area contributed by atoms with Gasteiger partial charge in [0.2, 0.25) is 0 Å². The van der Waals surface area contributed by atoms with Crippen molar-refractivity contribution in [3.8, 4) is 5.75 Å². The molecule has 0 aliphatic heterocycles. The van der Waals surface area contributed by atoms with Gasteiger partial charge in [0.1, 0.15) is 5.75 Å². The molecular formula is C6H6OW. The number of aromatic hydroxyl groups is 1. The van der Waals surface area contributed by atoms with Gasteiger partial charge in [-0.15, -0.1) is 0 Å². The molecule has 0 aliphatic carbocycles. The van der Waals surface area contributed by atoms with Gasteiger partial charge in [0.15, 0.2) is 0 Å².